The summed E-state index contributed by atoms with van der Waals surface area (Å²) >= 11 is 0. The van der Waals surface area contributed by atoms with Gasteiger partial charge in [0, 0.05) is 25.2 Å². The van der Waals surface area contributed by atoms with Crippen LogP contribution in [0.1, 0.15) is 111 Å². The fourth-order valence-corrected chi connectivity index (χ4v) is 11.4. The van der Waals surface area contributed by atoms with Crippen molar-refractivity contribution in [1.29, 1.82) is 0 Å². The molecule has 4 rings (SSSR count). The average molecular weight is 679 g/mol. The van der Waals surface area contributed by atoms with Gasteiger partial charge in [-0.2, -0.15) is 0 Å². The molecule has 9 heteroatoms. The van der Waals surface area contributed by atoms with E-state index >= 15 is 0 Å². The van der Waals surface area contributed by atoms with Gasteiger partial charge in [-0.05, 0) is 183 Å². The Morgan fingerprint density at radius 1 is 0.667 bits per heavy atom. The van der Waals surface area contributed by atoms with Crippen molar-refractivity contribution in [2.75, 3.05) is 72.2 Å². The zero-order valence-corrected chi connectivity index (χ0v) is 31.4. The molecule has 282 valence electrons. The van der Waals surface area contributed by atoms with Crippen LogP contribution in [0.5, 0.6) is 0 Å². The molecule has 2 unspecified atom stereocenters. The Balaban J connectivity index is 1.55. The van der Waals surface area contributed by atoms with Gasteiger partial charge in [-0.1, -0.05) is 20.8 Å². The molecule has 4 aliphatic carbocycles. The number of nitrogens with two attached hydrogens (primary N) is 5. The number of fused-ring (bicyclic) bond motifs is 5. The third-order valence-electron chi connectivity index (χ3n) is 14.0. The Labute approximate surface area is 294 Å². The minimum Gasteiger partial charge on any atom is -0.378 e. The van der Waals surface area contributed by atoms with E-state index in [4.69, 9.17) is 42.9 Å². The molecule has 4 aliphatic rings. The van der Waals surface area contributed by atoms with Gasteiger partial charge in [0.2, 0.25) is 0 Å². The van der Waals surface area contributed by atoms with Gasteiger partial charge in [-0.25, -0.2) is 0 Å². The minimum absolute atomic E-state index is 0.148. The van der Waals surface area contributed by atoms with Gasteiger partial charge in [0.05, 0.1) is 18.3 Å². The summed E-state index contributed by atoms with van der Waals surface area (Å²) in [5.41, 5.74) is 29.9. The topological polar surface area (TPSA) is 161 Å². The number of ether oxygens (including phenoxy) is 3. The minimum atomic E-state index is 0.148. The van der Waals surface area contributed by atoms with E-state index in [-0.39, 0.29) is 11.5 Å². The summed E-state index contributed by atoms with van der Waals surface area (Å²) in [5.74, 6) is 3.75. The van der Waals surface area contributed by atoms with Gasteiger partial charge in [0.15, 0.2) is 0 Å². The average Bonchev–Trinajstić information content (AvgIpc) is 3.44. The Bertz CT molecular complexity index is 892. The maximum atomic E-state index is 7.04. The van der Waals surface area contributed by atoms with Crippen LogP contribution in [0.2, 0.25) is 0 Å². The molecule has 48 heavy (non-hydrogen) atoms. The Hall–Kier alpha value is -0.360. The van der Waals surface area contributed by atoms with Crippen molar-refractivity contribution in [3.05, 3.63) is 0 Å². The van der Waals surface area contributed by atoms with Crippen LogP contribution in [-0.2, 0) is 14.2 Å². The summed E-state index contributed by atoms with van der Waals surface area (Å²) in [7, 11) is 0. The molecule has 0 aromatic rings. The highest BCUT2D eigenvalue weighted by Crippen LogP contribution is 2.69. The Kier molecular flexibility index (Phi) is 16.9. The van der Waals surface area contributed by atoms with Crippen LogP contribution >= 0.6 is 0 Å². The van der Waals surface area contributed by atoms with Gasteiger partial charge in [0.1, 0.15) is 0 Å². The van der Waals surface area contributed by atoms with E-state index in [9.17, 15) is 0 Å². The van der Waals surface area contributed by atoms with Crippen LogP contribution in [0.15, 0.2) is 0 Å². The summed E-state index contributed by atoms with van der Waals surface area (Å²) in [4.78, 5) is 2.59. The lowest BCUT2D eigenvalue weighted by Crippen LogP contribution is -2.63. The normalized spacial score (nSPS) is 36.9. The summed E-state index contributed by atoms with van der Waals surface area (Å²) in [6, 6.07) is 0. The van der Waals surface area contributed by atoms with Gasteiger partial charge in [-0.3, -0.25) is 0 Å². The zero-order chi connectivity index (χ0) is 34.6. The molecule has 10 N–H and O–H groups in total. The van der Waals surface area contributed by atoms with Crippen molar-refractivity contribution in [2.24, 2.45) is 75.0 Å². The lowest BCUT2D eigenvalue weighted by Gasteiger charge is -2.65. The van der Waals surface area contributed by atoms with E-state index in [0.29, 0.717) is 72.8 Å². The second kappa shape index (κ2) is 20.0. The zero-order valence-electron chi connectivity index (χ0n) is 31.4. The summed E-state index contributed by atoms with van der Waals surface area (Å²) < 4.78 is 20.4. The third kappa shape index (κ3) is 9.54. The predicted octanol–water partition coefficient (Wildman–Crippen LogP) is 4.48. The van der Waals surface area contributed by atoms with E-state index in [1.807, 2.05) is 0 Å². The van der Waals surface area contributed by atoms with E-state index in [2.05, 4.69) is 25.7 Å². The standard InChI is InChI=1S/C39H78N6O3/c1-29(10-4-20-45(21-5-15-40)22-6-16-41)32-11-12-33-37-34(28-36(39(32,33)3)48-25-9-19-44)38(2)14-13-31(46-23-7-17-42)26-30(38)27-35(37)47-24-8-18-43/h29-37H,4-28,40-44H2,1-3H3/t29-,30?,31-,32-,33+,34+,35-,36+,37?,38+,39-/m1/s1. The first kappa shape index (κ1) is 40.4. The van der Waals surface area contributed by atoms with Crippen molar-refractivity contribution in [3.63, 3.8) is 0 Å². The van der Waals surface area contributed by atoms with Crippen molar-refractivity contribution >= 4 is 0 Å². The fraction of sp³-hybridized carbons (Fsp3) is 1.00. The van der Waals surface area contributed by atoms with Crippen LogP contribution in [0.3, 0.4) is 0 Å². The molecule has 0 heterocycles. The molecule has 0 amide bonds. The Morgan fingerprint density at radius 2 is 1.27 bits per heavy atom. The number of nitrogens with zero attached hydrogens (tertiary/aromatic N) is 1. The molecule has 0 spiro atoms. The quantitative estimate of drug-likeness (QED) is 0.0982. The Morgan fingerprint density at radius 3 is 1.92 bits per heavy atom. The molecule has 0 radical (unpaired) electrons. The second-order valence-corrected chi connectivity index (χ2v) is 16.7. The maximum Gasteiger partial charge on any atom is 0.0637 e. The number of rotatable bonds is 23. The fourth-order valence-electron chi connectivity index (χ4n) is 11.4. The molecule has 0 saturated heterocycles. The molecular formula is C39H78N6O3. The van der Waals surface area contributed by atoms with Gasteiger partial charge in [0.25, 0.3) is 0 Å². The van der Waals surface area contributed by atoms with Crippen molar-refractivity contribution < 1.29 is 14.2 Å². The molecule has 4 saturated carbocycles. The van der Waals surface area contributed by atoms with Crippen molar-refractivity contribution in [3.8, 4) is 0 Å². The summed E-state index contributed by atoms with van der Waals surface area (Å²) in [6.45, 7) is 17.0. The van der Waals surface area contributed by atoms with Crippen LogP contribution in [0.25, 0.3) is 0 Å². The molecular weight excluding hydrogens is 600 g/mol. The van der Waals surface area contributed by atoms with Crippen molar-refractivity contribution in [2.45, 2.75) is 129 Å². The van der Waals surface area contributed by atoms with Crippen LogP contribution in [0, 0.1) is 46.3 Å². The number of hydrogen-bond acceptors (Lipinski definition) is 9. The molecule has 9 nitrogen and oxygen atoms in total. The third-order valence-corrected chi connectivity index (χ3v) is 14.0. The highest BCUT2D eigenvalue weighted by molar-refractivity contribution is 5.15. The first-order valence-corrected chi connectivity index (χ1v) is 20.4. The predicted molar refractivity (Wildman–Crippen MR) is 198 cm³/mol. The van der Waals surface area contributed by atoms with Gasteiger partial charge < -0.3 is 47.8 Å². The van der Waals surface area contributed by atoms with E-state index in [1.165, 1.54) is 32.1 Å². The smallest absolute Gasteiger partial charge is 0.0637 e. The molecule has 0 aromatic heterocycles. The lowest BCUT2D eigenvalue weighted by atomic mass is 9.43. The van der Waals surface area contributed by atoms with Crippen LogP contribution < -0.4 is 28.7 Å². The van der Waals surface area contributed by atoms with Gasteiger partial charge in [-0.15, -0.1) is 0 Å². The molecule has 0 bridgehead atoms. The van der Waals surface area contributed by atoms with Crippen LogP contribution in [0.4, 0.5) is 0 Å². The highest BCUT2D eigenvalue weighted by Gasteiger charge is 2.66. The second-order valence-electron chi connectivity index (χ2n) is 16.7. The van der Waals surface area contributed by atoms with E-state index < -0.39 is 0 Å². The van der Waals surface area contributed by atoms with E-state index in [0.717, 1.165) is 110 Å². The lowest BCUT2D eigenvalue weighted by molar-refractivity contribution is -0.227. The first-order chi connectivity index (χ1) is 23.3. The van der Waals surface area contributed by atoms with Crippen LogP contribution in [-0.4, -0.2) is 95.4 Å². The maximum absolute atomic E-state index is 7.04. The largest absolute Gasteiger partial charge is 0.378 e. The SMILES string of the molecule is C[C@H](CCCN(CCCN)CCCN)[C@H]1CC[C@H]2C3[C@H](OCCCN)CC4C[C@H](OCCCN)CC[C@]4(C)[C@H]3C[C@H](OCCCN)[C@]12C. The molecule has 4 fully saturated rings. The summed E-state index contributed by atoms with van der Waals surface area (Å²) in [5, 5.41) is 0. The van der Waals surface area contributed by atoms with Gasteiger partial charge >= 0.3 is 0 Å². The number of hydrogen-bond donors (Lipinski definition) is 5. The van der Waals surface area contributed by atoms with Crippen molar-refractivity contribution in [1.82, 2.24) is 4.90 Å². The molecule has 0 aromatic carbocycles. The monoisotopic (exact) mass is 679 g/mol. The summed E-state index contributed by atoms with van der Waals surface area (Å²) in [6.07, 6.45) is 16.8. The van der Waals surface area contributed by atoms with E-state index in [1.54, 1.807) is 0 Å². The first-order valence-electron chi connectivity index (χ1n) is 20.4. The molecule has 0 aliphatic heterocycles. The highest BCUT2D eigenvalue weighted by atomic mass is 16.5. The molecule has 11 atom stereocenters.